The summed E-state index contributed by atoms with van der Waals surface area (Å²) in [6.07, 6.45) is 1.63. The standard InChI is InChI=1S/C27H30N4O2/c1-19(27(32)33)22-10-5-7-20(17-22)13-15-30-24(21-8-3-2-4-9-21)14-16-31-25-12-6-11-23(18-28)26(25)29/h2-12,17,19,24,30-31H,13-16,29H2,1H3,(H,32,33)/t19-,24-/m0/s1. The number of anilines is 2. The summed E-state index contributed by atoms with van der Waals surface area (Å²) in [5.41, 5.74) is 10.9. The molecule has 0 radical (unpaired) electrons. The van der Waals surface area contributed by atoms with Gasteiger partial charge in [-0.15, -0.1) is 0 Å². The molecule has 0 bridgehead atoms. The Morgan fingerprint density at radius 3 is 2.48 bits per heavy atom. The molecule has 5 N–H and O–H groups in total. The number of carboxylic acids is 1. The molecule has 0 aromatic heterocycles. The van der Waals surface area contributed by atoms with Crippen molar-refractivity contribution in [2.75, 3.05) is 24.1 Å². The van der Waals surface area contributed by atoms with E-state index in [4.69, 9.17) is 5.73 Å². The van der Waals surface area contributed by atoms with Crippen molar-refractivity contribution in [3.05, 3.63) is 95.1 Å². The first-order chi connectivity index (χ1) is 16.0. The van der Waals surface area contributed by atoms with Crippen LogP contribution in [0.5, 0.6) is 0 Å². The summed E-state index contributed by atoms with van der Waals surface area (Å²) in [7, 11) is 0. The highest BCUT2D eigenvalue weighted by Gasteiger charge is 2.14. The minimum Gasteiger partial charge on any atom is -0.481 e. The molecule has 170 valence electrons. The van der Waals surface area contributed by atoms with Crippen molar-refractivity contribution in [2.45, 2.75) is 31.7 Å². The van der Waals surface area contributed by atoms with Crippen molar-refractivity contribution in [3.63, 3.8) is 0 Å². The van der Waals surface area contributed by atoms with Crippen LogP contribution in [0.15, 0.2) is 72.8 Å². The Morgan fingerprint density at radius 2 is 1.76 bits per heavy atom. The van der Waals surface area contributed by atoms with Crippen LogP contribution >= 0.6 is 0 Å². The zero-order chi connectivity index (χ0) is 23.6. The van der Waals surface area contributed by atoms with Crippen molar-refractivity contribution in [1.82, 2.24) is 5.32 Å². The van der Waals surface area contributed by atoms with E-state index in [0.29, 0.717) is 17.8 Å². The number of nitrogens with two attached hydrogens (primary N) is 1. The minimum absolute atomic E-state index is 0.139. The van der Waals surface area contributed by atoms with Gasteiger partial charge in [0.25, 0.3) is 0 Å². The molecule has 0 aliphatic rings. The fourth-order valence-electron chi connectivity index (χ4n) is 3.79. The van der Waals surface area contributed by atoms with E-state index in [1.807, 2.05) is 54.6 Å². The average molecular weight is 443 g/mol. The summed E-state index contributed by atoms with van der Waals surface area (Å²) in [5.74, 6) is -1.34. The van der Waals surface area contributed by atoms with Crippen LogP contribution in [0.1, 0.15) is 47.6 Å². The van der Waals surface area contributed by atoms with Gasteiger partial charge in [0.05, 0.1) is 22.9 Å². The quantitative estimate of drug-likeness (QED) is 0.320. The maximum atomic E-state index is 11.3. The molecule has 33 heavy (non-hydrogen) atoms. The van der Waals surface area contributed by atoms with Crippen molar-refractivity contribution < 1.29 is 9.90 Å². The minimum atomic E-state index is -0.817. The molecule has 0 saturated carbocycles. The number of carbonyl (C=O) groups is 1. The Hall–Kier alpha value is -3.82. The summed E-state index contributed by atoms with van der Waals surface area (Å²) in [6.45, 7) is 3.16. The van der Waals surface area contributed by atoms with Gasteiger partial charge in [-0.1, -0.05) is 60.7 Å². The van der Waals surface area contributed by atoms with Gasteiger partial charge >= 0.3 is 5.97 Å². The number of nitriles is 1. The molecule has 6 nitrogen and oxygen atoms in total. The lowest BCUT2D eigenvalue weighted by Gasteiger charge is -2.20. The van der Waals surface area contributed by atoms with Crippen LogP contribution < -0.4 is 16.4 Å². The number of benzene rings is 3. The average Bonchev–Trinajstić information content (AvgIpc) is 2.84. The van der Waals surface area contributed by atoms with E-state index in [0.717, 1.165) is 36.2 Å². The summed E-state index contributed by atoms with van der Waals surface area (Å²) in [6, 6.07) is 25.7. The largest absolute Gasteiger partial charge is 0.481 e. The summed E-state index contributed by atoms with van der Waals surface area (Å²) in [4.78, 5) is 11.3. The SMILES string of the molecule is C[C@H](C(=O)O)c1cccc(CCN[C@@H](CCNc2cccc(C#N)c2N)c2ccccc2)c1. The molecule has 3 aromatic carbocycles. The second-order valence-corrected chi connectivity index (χ2v) is 8.07. The van der Waals surface area contributed by atoms with Gasteiger partial charge in [0, 0.05) is 12.6 Å². The van der Waals surface area contributed by atoms with Gasteiger partial charge in [0.2, 0.25) is 0 Å². The maximum absolute atomic E-state index is 11.3. The first-order valence-electron chi connectivity index (χ1n) is 11.1. The number of aliphatic carboxylic acids is 1. The van der Waals surface area contributed by atoms with Crippen molar-refractivity contribution in [3.8, 4) is 6.07 Å². The van der Waals surface area contributed by atoms with Crippen LogP contribution in [0.2, 0.25) is 0 Å². The molecule has 3 aromatic rings. The van der Waals surface area contributed by atoms with Gasteiger partial charge in [-0.3, -0.25) is 4.79 Å². The zero-order valence-corrected chi connectivity index (χ0v) is 18.8. The van der Waals surface area contributed by atoms with Crippen molar-refractivity contribution >= 4 is 17.3 Å². The van der Waals surface area contributed by atoms with E-state index in [-0.39, 0.29) is 6.04 Å². The first-order valence-corrected chi connectivity index (χ1v) is 11.1. The second kappa shape index (κ2) is 11.7. The number of nitrogen functional groups attached to an aromatic ring is 1. The zero-order valence-electron chi connectivity index (χ0n) is 18.8. The predicted octanol–water partition coefficient (Wildman–Crippen LogP) is 4.70. The molecule has 0 amide bonds. The fraction of sp³-hybridized carbons (Fsp3) is 0.259. The smallest absolute Gasteiger partial charge is 0.310 e. The Labute approximate surface area is 195 Å². The van der Waals surface area contributed by atoms with Crippen LogP contribution in [0, 0.1) is 11.3 Å². The van der Waals surface area contributed by atoms with Gasteiger partial charge in [0.1, 0.15) is 6.07 Å². The van der Waals surface area contributed by atoms with Gasteiger partial charge < -0.3 is 21.5 Å². The lowest BCUT2D eigenvalue weighted by Crippen LogP contribution is -2.26. The topological polar surface area (TPSA) is 111 Å². The van der Waals surface area contributed by atoms with Crippen LogP contribution in [0.25, 0.3) is 0 Å². The summed E-state index contributed by atoms with van der Waals surface area (Å²) >= 11 is 0. The third-order valence-electron chi connectivity index (χ3n) is 5.80. The summed E-state index contributed by atoms with van der Waals surface area (Å²) < 4.78 is 0. The lowest BCUT2D eigenvalue weighted by atomic mass is 9.98. The van der Waals surface area contributed by atoms with E-state index in [1.165, 1.54) is 5.56 Å². The monoisotopic (exact) mass is 442 g/mol. The number of rotatable bonds is 11. The van der Waals surface area contributed by atoms with Crippen molar-refractivity contribution in [2.24, 2.45) is 0 Å². The third-order valence-corrected chi connectivity index (χ3v) is 5.80. The summed E-state index contributed by atoms with van der Waals surface area (Å²) in [5, 5.41) is 25.4. The number of carboxylic acid groups (broad SMARTS) is 1. The molecule has 0 unspecified atom stereocenters. The van der Waals surface area contributed by atoms with Gasteiger partial charge in [-0.25, -0.2) is 0 Å². The number of nitrogens with one attached hydrogen (secondary N) is 2. The number of nitrogens with zero attached hydrogens (tertiary/aromatic N) is 1. The van der Waals surface area contributed by atoms with Crippen LogP contribution in [0.4, 0.5) is 11.4 Å². The van der Waals surface area contributed by atoms with Crippen LogP contribution in [0.3, 0.4) is 0 Å². The van der Waals surface area contributed by atoms with Gasteiger partial charge in [-0.2, -0.15) is 5.26 Å². The second-order valence-electron chi connectivity index (χ2n) is 8.07. The molecule has 0 aliphatic heterocycles. The molecule has 2 atom stereocenters. The van der Waals surface area contributed by atoms with Gasteiger partial charge in [-0.05, 0) is 55.1 Å². The van der Waals surface area contributed by atoms with E-state index >= 15 is 0 Å². The number of hydrogen-bond donors (Lipinski definition) is 4. The molecule has 0 heterocycles. The highest BCUT2D eigenvalue weighted by atomic mass is 16.4. The molecule has 0 spiro atoms. The molecule has 3 rings (SSSR count). The normalized spacial score (nSPS) is 12.5. The van der Waals surface area contributed by atoms with Crippen LogP contribution in [-0.2, 0) is 11.2 Å². The molecular formula is C27H30N4O2. The Morgan fingerprint density at radius 1 is 1.03 bits per heavy atom. The molecule has 0 aliphatic carbocycles. The molecule has 0 saturated heterocycles. The highest BCUT2D eigenvalue weighted by Crippen LogP contribution is 2.23. The van der Waals surface area contributed by atoms with E-state index in [2.05, 4.69) is 28.8 Å². The molecule has 0 fully saturated rings. The highest BCUT2D eigenvalue weighted by molar-refractivity contribution is 5.75. The lowest BCUT2D eigenvalue weighted by molar-refractivity contribution is -0.138. The van der Waals surface area contributed by atoms with Crippen molar-refractivity contribution in [1.29, 1.82) is 5.26 Å². The molecule has 6 heteroatoms. The fourth-order valence-corrected chi connectivity index (χ4v) is 3.79. The van der Waals surface area contributed by atoms with E-state index in [1.54, 1.807) is 13.0 Å². The van der Waals surface area contributed by atoms with E-state index < -0.39 is 11.9 Å². The Bertz CT molecular complexity index is 1110. The Balaban J connectivity index is 1.61. The predicted molar refractivity (Wildman–Crippen MR) is 132 cm³/mol. The Kier molecular flexibility index (Phi) is 8.45. The third kappa shape index (κ3) is 6.58. The number of para-hydroxylation sites is 1. The van der Waals surface area contributed by atoms with Crippen LogP contribution in [-0.4, -0.2) is 24.2 Å². The van der Waals surface area contributed by atoms with Gasteiger partial charge in [0.15, 0.2) is 0 Å². The van der Waals surface area contributed by atoms with E-state index in [9.17, 15) is 15.2 Å². The maximum Gasteiger partial charge on any atom is 0.310 e. The first kappa shape index (κ1) is 23.8. The number of hydrogen-bond acceptors (Lipinski definition) is 5. The molecular weight excluding hydrogens is 412 g/mol.